The smallest absolute Gasteiger partial charge is 0.250 e. The number of fused-ring (bicyclic) bond motifs is 4. The molecule has 132 valence electrons. The average molecular weight is 399 g/mol. The Balaban J connectivity index is 1.72. The van der Waals surface area contributed by atoms with Crippen molar-refractivity contribution >= 4 is 33.2 Å². The third-order valence-corrected chi connectivity index (χ3v) is 7.51. The Morgan fingerprint density at radius 3 is 2.64 bits per heavy atom. The number of piperidine rings is 1. The van der Waals surface area contributed by atoms with E-state index >= 15 is 0 Å². The first-order chi connectivity index (χ1) is 11.9. The second kappa shape index (κ2) is 6.13. The van der Waals surface area contributed by atoms with Crippen LogP contribution in [0.4, 0.5) is 0 Å². The third kappa shape index (κ3) is 2.91. The Morgan fingerprint density at radius 2 is 1.84 bits per heavy atom. The van der Waals surface area contributed by atoms with E-state index in [1.807, 2.05) is 6.07 Å². The van der Waals surface area contributed by atoms with E-state index in [0.29, 0.717) is 24.7 Å². The van der Waals surface area contributed by atoms with Crippen molar-refractivity contribution < 1.29 is 8.42 Å². The Labute approximate surface area is 155 Å². The van der Waals surface area contributed by atoms with Gasteiger partial charge in [-0.3, -0.25) is 4.79 Å². The summed E-state index contributed by atoms with van der Waals surface area (Å²) in [6.07, 6.45) is 0.888. The molecule has 8 heteroatoms. The fourth-order valence-corrected chi connectivity index (χ4v) is 6.16. The number of benzene rings is 1. The lowest BCUT2D eigenvalue weighted by molar-refractivity contribution is 0.186. The Kier molecular flexibility index (Phi) is 4.19. The van der Waals surface area contributed by atoms with Crippen molar-refractivity contribution in [1.82, 2.24) is 8.87 Å². The number of hydrogen-bond acceptors (Lipinski definition) is 3. The molecular formula is C17H16Cl2N2O3S. The summed E-state index contributed by atoms with van der Waals surface area (Å²) in [5.41, 5.74) is 0.877. The van der Waals surface area contributed by atoms with Gasteiger partial charge in [0.1, 0.15) is 4.90 Å². The highest BCUT2D eigenvalue weighted by atomic mass is 35.5. The first-order valence-corrected chi connectivity index (χ1v) is 10.2. The predicted molar refractivity (Wildman–Crippen MR) is 96.8 cm³/mol. The van der Waals surface area contributed by atoms with Gasteiger partial charge >= 0.3 is 0 Å². The molecule has 1 fully saturated rings. The second-order valence-corrected chi connectivity index (χ2v) is 9.34. The minimum absolute atomic E-state index is 0.00846. The number of rotatable bonds is 2. The molecule has 1 unspecified atom stereocenters. The first-order valence-electron chi connectivity index (χ1n) is 8.01. The Hall–Kier alpha value is -1.34. The maximum atomic E-state index is 13.1. The second-order valence-electron chi connectivity index (χ2n) is 6.59. The highest BCUT2D eigenvalue weighted by Gasteiger charge is 2.40. The van der Waals surface area contributed by atoms with Crippen LogP contribution in [0.15, 0.2) is 46.1 Å². The fourth-order valence-electron chi connectivity index (χ4n) is 3.86. The van der Waals surface area contributed by atoms with Gasteiger partial charge in [0.15, 0.2) is 0 Å². The molecule has 0 aliphatic carbocycles. The number of aromatic nitrogens is 1. The van der Waals surface area contributed by atoms with E-state index in [2.05, 4.69) is 0 Å². The molecule has 5 nitrogen and oxygen atoms in total. The standard InChI is InChI=1S/C17H16Cl2N2O3S/c18-13-4-5-14(19)16(7-13)25(23,24)20-8-11-6-12(10-20)15-2-1-3-17(22)21(15)9-11/h1-5,7,11-12H,6,8-10H2/t11?,12-/m1/s1. The van der Waals surface area contributed by atoms with Gasteiger partial charge in [0.2, 0.25) is 10.0 Å². The van der Waals surface area contributed by atoms with Gasteiger partial charge in [-0.1, -0.05) is 29.3 Å². The van der Waals surface area contributed by atoms with Crippen LogP contribution in [0.2, 0.25) is 10.0 Å². The van der Waals surface area contributed by atoms with E-state index < -0.39 is 10.0 Å². The van der Waals surface area contributed by atoms with Crippen LogP contribution in [-0.4, -0.2) is 30.4 Å². The number of hydrogen-bond donors (Lipinski definition) is 0. The van der Waals surface area contributed by atoms with E-state index in [1.165, 1.54) is 16.4 Å². The molecule has 1 aromatic heterocycles. The summed E-state index contributed by atoms with van der Waals surface area (Å²) in [6, 6.07) is 9.64. The Morgan fingerprint density at radius 1 is 1.04 bits per heavy atom. The van der Waals surface area contributed by atoms with E-state index in [-0.39, 0.29) is 27.3 Å². The van der Waals surface area contributed by atoms with Crippen LogP contribution in [0, 0.1) is 5.92 Å². The highest BCUT2D eigenvalue weighted by molar-refractivity contribution is 7.89. The number of sulfonamides is 1. The van der Waals surface area contributed by atoms with Gasteiger partial charge in [0, 0.05) is 42.3 Å². The maximum absolute atomic E-state index is 13.1. The van der Waals surface area contributed by atoms with Crippen molar-refractivity contribution in [1.29, 1.82) is 0 Å². The van der Waals surface area contributed by atoms with Gasteiger partial charge < -0.3 is 4.57 Å². The van der Waals surface area contributed by atoms with Gasteiger partial charge in [-0.05, 0) is 36.6 Å². The summed E-state index contributed by atoms with van der Waals surface area (Å²) >= 11 is 12.1. The zero-order valence-corrected chi connectivity index (χ0v) is 15.6. The molecule has 2 aromatic rings. The molecule has 2 bridgehead atoms. The summed E-state index contributed by atoms with van der Waals surface area (Å²) < 4.78 is 29.4. The van der Waals surface area contributed by atoms with Crippen LogP contribution >= 0.6 is 23.2 Å². The topological polar surface area (TPSA) is 59.4 Å². The molecule has 0 spiro atoms. The first kappa shape index (κ1) is 17.1. The molecule has 2 atom stereocenters. The number of nitrogens with zero attached hydrogens (tertiary/aromatic N) is 2. The molecule has 0 amide bonds. The van der Waals surface area contributed by atoms with Crippen LogP contribution < -0.4 is 5.56 Å². The van der Waals surface area contributed by atoms with Crippen LogP contribution in [0.3, 0.4) is 0 Å². The fraction of sp³-hybridized carbons (Fsp3) is 0.353. The van der Waals surface area contributed by atoms with Gasteiger partial charge in [-0.15, -0.1) is 0 Å². The minimum atomic E-state index is -3.74. The van der Waals surface area contributed by atoms with Crippen molar-refractivity contribution in [3.8, 4) is 0 Å². The van der Waals surface area contributed by atoms with E-state index in [1.54, 1.807) is 22.8 Å². The highest BCUT2D eigenvalue weighted by Crippen LogP contribution is 2.38. The molecule has 0 N–H and O–H groups in total. The van der Waals surface area contributed by atoms with Gasteiger partial charge in [-0.25, -0.2) is 8.42 Å². The summed E-state index contributed by atoms with van der Waals surface area (Å²) in [7, 11) is -3.74. The van der Waals surface area contributed by atoms with Crippen LogP contribution in [0.1, 0.15) is 18.0 Å². The molecule has 0 saturated carbocycles. The molecule has 1 aromatic carbocycles. The summed E-state index contributed by atoms with van der Waals surface area (Å²) in [4.78, 5) is 12.1. The number of pyridine rings is 1. The average Bonchev–Trinajstić information content (AvgIpc) is 2.58. The molecular weight excluding hydrogens is 383 g/mol. The molecule has 4 rings (SSSR count). The summed E-state index contributed by atoms with van der Waals surface area (Å²) in [5.74, 6) is 0.119. The van der Waals surface area contributed by atoms with E-state index in [9.17, 15) is 13.2 Å². The van der Waals surface area contributed by atoms with Gasteiger partial charge in [0.05, 0.1) is 5.02 Å². The van der Waals surface area contributed by atoms with Gasteiger partial charge in [-0.2, -0.15) is 4.31 Å². The van der Waals surface area contributed by atoms with Crippen molar-refractivity contribution in [2.45, 2.75) is 23.8 Å². The molecule has 0 radical (unpaired) electrons. The zero-order chi connectivity index (χ0) is 17.8. The molecule has 25 heavy (non-hydrogen) atoms. The quantitative estimate of drug-likeness (QED) is 0.780. The van der Waals surface area contributed by atoms with Crippen molar-refractivity contribution in [3.63, 3.8) is 0 Å². The monoisotopic (exact) mass is 398 g/mol. The SMILES string of the molecule is O=c1cccc2n1CC1C[C@@H]2CN(S(=O)(=O)c2cc(Cl)ccc2Cl)C1. The molecule has 2 aliphatic heterocycles. The van der Waals surface area contributed by atoms with Crippen LogP contribution in [-0.2, 0) is 16.6 Å². The van der Waals surface area contributed by atoms with Crippen LogP contribution in [0.5, 0.6) is 0 Å². The number of halogens is 2. The van der Waals surface area contributed by atoms with Crippen molar-refractivity contribution in [2.75, 3.05) is 13.1 Å². The molecule has 3 heterocycles. The third-order valence-electron chi connectivity index (χ3n) is 4.96. The lowest BCUT2D eigenvalue weighted by Crippen LogP contribution is -2.49. The summed E-state index contributed by atoms with van der Waals surface area (Å²) in [6.45, 7) is 1.26. The summed E-state index contributed by atoms with van der Waals surface area (Å²) in [5, 5.41) is 0.494. The van der Waals surface area contributed by atoms with Crippen molar-refractivity contribution in [3.05, 3.63) is 62.5 Å². The lowest BCUT2D eigenvalue weighted by atomic mass is 9.84. The normalized spacial score (nSPS) is 23.3. The molecule has 1 saturated heterocycles. The van der Waals surface area contributed by atoms with E-state index in [4.69, 9.17) is 23.2 Å². The molecule has 2 aliphatic rings. The Bertz CT molecular complexity index is 1000. The van der Waals surface area contributed by atoms with Crippen molar-refractivity contribution in [2.24, 2.45) is 5.92 Å². The largest absolute Gasteiger partial charge is 0.312 e. The minimum Gasteiger partial charge on any atom is -0.312 e. The predicted octanol–water partition coefficient (Wildman–Crippen LogP) is 2.96. The van der Waals surface area contributed by atoms with Gasteiger partial charge in [0.25, 0.3) is 5.56 Å². The lowest BCUT2D eigenvalue weighted by Gasteiger charge is -2.42. The van der Waals surface area contributed by atoms with E-state index in [0.717, 1.165) is 12.1 Å². The zero-order valence-electron chi connectivity index (χ0n) is 13.2. The maximum Gasteiger partial charge on any atom is 0.250 e. The van der Waals surface area contributed by atoms with Crippen LogP contribution in [0.25, 0.3) is 0 Å².